The van der Waals surface area contributed by atoms with Crippen molar-refractivity contribution in [1.29, 1.82) is 0 Å². The summed E-state index contributed by atoms with van der Waals surface area (Å²) >= 11 is 0. The molecular weight excluding hydrogens is 168 g/mol. The van der Waals surface area contributed by atoms with Crippen molar-refractivity contribution in [1.82, 2.24) is 9.78 Å². The Bertz CT molecular complexity index is 258. The molecule has 4 heteroatoms. The highest BCUT2D eigenvalue weighted by Gasteiger charge is 2.02. The highest BCUT2D eigenvalue weighted by Crippen LogP contribution is 2.05. The number of hydrogen-bond acceptors (Lipinski definition) is 3. The zero-order valence-corrected chi connectivity index (χ0v) is 8.16. The fourth-order valence-corrected chi connectivity index (χ4v) is 1.24. The minimum Gasteiger partial charge on any atom is -0.390 e. The summed E-state index contributed by atoms with van der Waals surface area (Å²) in [4.78, 5) is 0. The summed E-state index contributed by atoms with van der Waals surface area (Å²) in [7, 11) is 3.53. The van der Waals surface area contributed by atoms with E-state index >= 15 is 0 Å². The first-order chi connectivity index (χ1) is 6.27. The molecule has 0 fully saturated rings. The summed E-state index contributed by atoms with van der Waals surface area (Å²) in [6, 6.07) is 1.93. The van der Waals surface area contributed by atoms with Gasteiger partial charge >= 0.3 is 0 Å². The van der Waals surface area contributed by atoms with Crippen molar-refractivity contribution in [3.63, 3.8) is 0 Å². The van der Waals surface area contributed by atoms with Crippen molar-refractivity contribution in [2.75, 3.05) is 13.7 Å². The van der Waals surface area contributed by atoms with Crippen molar-refractivity contribution in [3.8, 4) is 0 Å². The third kappa shape index (κ3) is 2.82. The standard InChI is InChI=1S/C9H16N2O2/c1-11-9(7-12)6-8(10-11)4-3-5-13-2/h6,12H,3-5,7H2,1-2H3. The number of methoxy groups -OCH3 is 1. The third-order valence-corrected chi connectivity index (χ3v) is 1.97. The van der Waals surface area contributed by atoms with Crippen LogP contribution in [-0.2, 0) is 24.8 Å². The van der Waals surface area contributed by atoms with E-state index in [0.29, 0.717) is 0 Å². The molecule has 13 heavy (non-hydrogen) atoms. The SMILES string of the molecule is COCCCc1cc(CO)n(C)n1. The molecule has 0 unspecified atom stereocenters. The maximum absolute atomic E-state index is 8.92. The van der Waals surface area contributed by atoms with Crippen molar-refractivity contribution < 1.29 is 9.84 Å². The number of rotatable bonds is 5. The van der Waals surface area contributed by atoms with Crippen LogP contribution in [0.5, 0.6) is 0 Å². The Balaban J connectivity index is 2.48. The van der Waals surface area contributed by atoms with Crippen LogP contribution in [0.3, 0.4) is 0 Å². The van der Waals surface area contributed by atoms with E-state index in [2.05, 4.69) is 5.10 Å². The lowest BCUT2D eigenvalue weighted by Crippen LogP contribution is -1.98. The number of hydrogen-bond donors (Lipinski definition) is 1. The summed E-state index contributed by atoms with van der Waals surface area (Å²) in [6.45, 7) is 0.804. The van der Waals surface area contributed by atoms with E-state index in [4.69, 9.17) is 9.84 Å². The Kier molecular flexibility index (Phi) is 3.92. The van der Waals surface area contributed by atoms with Gasteiger partial charge in [0.05, 0.1) is 18.0 Å². The summed E-state index contributed by atoms with van der Waals surface area (Å²) < 4.78 is 6.65. The lowest BCUT2D eigenvalue weighted by molar-refractivity contribution is 0.195. The maximum atomic E-state index is 8.92. The Morgan fingerprint density at radius 3 is 2.92 bits per heavy atom. The van der Waals surface area contributed by atoms with E-state index in [1.54, 1.807) is 11.8 Å². The molecule has 74 valence electrons. The molecule has 0 radical (unpaired) electrons. The molecule has 0 aromatic carbocycles. The Hall–Kier alpha value is -0.870. The topological polar surface area (TPSA) is 47.3 Å². The van der Waals surface area contributed by atoms with Gasteiger partial charge in [-0.1, -0.05) is 0 Å². The van der Waals surface area contributed by atoms with Gasteiger partial charge in [-0.15, -0.1) is 0 Å². The van der Waals surface area contributed by atoms with E-state index in [1.807, 2.05) is 13.1 Å². The first-order valence-corrected chi connectivity index (χ1v) is 4.39. The first-order valence-electron chi connectivity index (χ1n) is 4.39. The van der Waals surface area contributed by atoms with Gasteiger partial charge in [-0.25, -0.2) is 0 Å². The number of ether oxygens (including phenoxy) is 1. The molecule has 1 N–H and O–H groups in total. The number of aliphatic hydroxyl groups is 1. The normalized spacial score (nSPS) is 10.7. The minimum absolute atomic E-state index is 0.0494. The van der Waals surface area contributed by atoms with Crippen molar-refractivity contribution in [3.05, 3.63) is 17.5 Å². The predicted molar refractivity (Wildman–Crippen MR) is 49.3 cm³/mol. The van der Waals surface area contributed by atoms with Crippen LogP contribution in [0.1, 0.15) is 17.8 Å². The molecule has 0 saturated heterocycles. The van der Waals surface area contributed by atoms with Crippen molar-refractivity contribution in [2.24, 2.45) is 7.05 Å². The summed E-state index contributed by atoms with van der Waals surface area (Å²) in [5, 5.41) is 13.2. The lowest BCUT2D eigenvalue weighted by Gasteiger charge is -1.95. The first kappa shape index (κ1) is 10.2. The molecule has 1 aromatic rings. The highest BCUT2D eigenvalue weighted by atomic mass is 16.5. The molecule has 4 nitrogen and oxygen atoms in total. The number of nitrogens with zero attached hydrogens (tertiary/aromatic N) is 2. The van der Waals surface area contributed by atoms with Gasteiger partial charge in [0.25, 0.3) is 0 Å². The van der Waals surface area contributed by atoms with Crippen LogP contribution in [0, 0.1) is 0 Å². The van der Waals surface area contributed by atoms with Gasteiger partial charge in [0, 0.05) is 20.8 Å². The molecule has 1 aromatic heterocycles. The van der Waals surface area contributed by atoms with Crippen LogP contribution in [0.25, 0.3) is 0 Å². The van der Waals surface area contributed by atoms with Crippen molar-refractivity contribution in [2.45, 2.75) is 19.4 Å². The molecule has 0 spiro atoms. The van der Waals surface area contributed by atoms with Gasteiger partial charge in [-0.05, 0) is 18.9 Å². The molecule has 0 aliphatic rings. The molecule has 1 heterocycles. The smallest absolute Gasteiger partial charge is 0.0849 e. The minimum atomic E-state index is 0.0494. The fourth-order valence-electron chi connectivity index (χ4n) is 1.24. The second-order valence-electron chi connectivity index (χ2n) is 3.01. The zero-order chi connectivity index (χ0) is 9.68. The van der Waals surface area contributed by atoms with Crippen LogP contribution in [0.15, 0.2) is 6.07 Å². The molecule has 1 rings (SSSR count). The van der Waals surface area contributed by atoms with Crippen LogP contribution < -0.4 is 0 Å². The zero-order valence-electron chi connectivity index (χ0n) is 8.16. The summed E-state index contributed by atoms with van der Waals surface area (Å²) in [6.07, 6.45) is 1.88. The Morgan fingerprint density at radius 1 is 1.62 bits per heavy atom. The van der Waals surface area contributed by atoms with E-state index in [0.717, 1.165) is 30.8 Å². The molecule has 0 aliphatic heterocycles. The van der Waals surface area contributed by atoms with Gasteiger partial charge in [0.2, 0.25) is 0 Å². The molecule has 0 aliphatic carbocycles. The van der Waals surface area contributed by atoms with Crippen molar-refractivity contribution >= 4 is 0 Å². The summed E-state index contributed by atoms with van der Waals surface area (Å²) in [5.41, 5.74) is 1.87. The monoisotopic (exact) mass is 184 g/mol. The number of aryl methyl sites for hydroxylation is 2. The average molecular weight is 184 g/mol. The fraction of sp³-hybridized carbons (Fsp3) is 0.667. The van der Waals surface area contributed by atoms with Gasteiger partial charge in [0.15, 0.2) is 0 Å². The number of aliphatic hydroxyl groups excluding tert-OH is 1. The Labute approximate surface area is 78.1 Å². The van der Waals surface area contributed by atoms with E-state index in [-0.39, 0.29) is 6.61 Å². The van der Waals surface area contributed by atoms with Gasteiger partial charge in [-0.2, -0.15) is 5.10 Å². The highest BCUT2D eigenvalue weighted by molar-refractivity contribution is 5.09. The third-order valence-electron chi connectivity index (χ3n) is 1.97. The van der Waals surface area contributed by atoms with Gasteiger partial charge < -0.3 is 9.84 Å². The molecule has 0 atom stereocenters. The largest absolute Gasteiger partial charge is 0.390 e. The molecule has 0 saturated carbocycles. The van der Waals surface area contributed by atoms with E-state index < -0.39 is 0 Å². The average Bonchev–Trinajstić information content (AvgIpc) is 2.47. The van der Waals surface area contributed by atoms with Crippen LogP contribution in [0.2, 0.25) is 0 Å². The molecular formula is C9H16N2O2. The van der Waals surface area contributed by atoms with Gasteiger partial charge in [0.1, 0.15) is 0 Å². The van der Waals surface area contributed by atoms with E-state index in [1.165, 1.54) is 0 Å². The van der Waals surface area contributed by atoms with Crippen LogP contribution >= 0.6 is 0 Å². The molecule has 0 amide bonds. The molecule has 0 bridgehead atoms. The van der Waals surface area contributed by atoms with E-state index in [9.17, 15) is 0 Å². The quantitative estimate of drug-likeness (QED) is 0.677. The second-order valence-corrected chi connectivity index (χ2v) is 3.01. The Morgan fingerprint density at radius 2 is 2.38 bits per heavy atom. The second kappa shape index (κ2) is 4.99. The summed E-state index contributed by atoms with van der Waals surface area (Å²) in [5.74, 6) is 0. The van der Waals surface area contributed by atoms with Crippen LogP contribution in [0.4, 0.5) is 0 Å². The maximum Gasteiger partial charge on any atom is 0.0849 e. The van der Waals surface area contributed by atoms with Gasteiger partial charge in [-0.3, -0.25) is 4.68 Å². The number of aromatic nitrogens is 2. The van der Waals surface area contributed by atoms with Crippen LogP contribution in [-0.4, -0.2) is 28.6 Å². The predicted octanol–water partition coefficient (Wildman–Crippen LogP) is 0.491. The lowest BCUT2D eigenvalue weighted by atomic mass is 10.2.